The molecule has 7 heteroatoms. The fourth-order valence-corrected chi connectivity index (χ4v) is 1.95. The number of nitrogens with zero attached hydrogens (tertiary/aromatic N) is 1. The number of carbonyl (C=O) groups excluding carboxylic acids is 1. The summed E-state index contributed by atoms with van der Waals surface area (Å²) in [7, 11) is 1.30. The molecule has 0 aromatic heterocycles. The molecule has 0 spiro atoms. The van der Waals surface area contributed by atoms with E-state index in [-0.39, 0.29) is 17.9 Å². The Hall–Kier alpha value is -1.24. The summed E-state index contributed by atoms with van der Waals surface area (Å²) in [6, 6.07) is 3.61. The van der Waals surface area contributed by atoms with Crippen molar-refractivity contribution in [3.63, 3.8) is 0 Å². The Morgan fingerprint density at radius 2 is 2.16 bits per heavy atom. The molecular weight excluding hydrogens is 327 g/mol. The van der Waals surface area contributed by atoms with E-state index in [1.54, 1.807) is 0 Å². The molecule has 1 aromatic rings. The molecule has 0 N–H and O–H groups in total. The summed E-state index contributed by atoms with van der Waals surface area (Å²) < 4.78 is 43.0. The number of alkyl halides is 3. The minimum Gasteiger partial charge on any atom is -0.494 e. The van der Waals surface area contributed by atoms with Crippen LogP contribution in [-0.4, -0.2) is 42.8 Å². The van der Waals surface area contributed by atoms with Crippen molar-refractivity contribution in [2.45, 2.75) is 6.43 Å². The molecular formula is C12H13BrF3NO2. The lowest BCUT2D eigenvalue weighted by Gasteiger charge is -2.21. The molecule has 1 aromatic carbocycles. The first kappa shape index (κ1) is 15.8. The van der Waals surface area contributed by atoms with Crippen LogP contribution in [0.2, 0.25) is 0 Å². The summed E-state index contributed by atoms with van der Waals surface area (Å²) in [5, 5.41) is 0.365. The Bertz CT molecular complexity index is 443. The van der Waals surface area contributed by atoms with Crippen LogP contribution in [0, 0.1) is 5.82 Å². The molecule has 0 aliphatic carbocycles. The lowest BCUT2D eigenvalue weighted by molar-refractivity contribution is 0.0572. The molecule has 3 nitrogen and oxygen atoms in total. The van der Waals surface area contributed by atoms with Gasteiger partial charge in [0.05, 0.1) is 13.7 Å². The van der Waals surface area contributed by atoms with Crippen LogP contribution in [0.25, 0.3) is 0 Å². The fourth-order valence-electron chi connectivity index (χ4n) is 1.53. The maximum atomic E-state index is 13.5. The van der Waals surface area contributed by atoms with E-state index in [9.17, 15) is 18.0 Å². The SMILES string of the molecule is COc1ccc(C(=O)N(CCBr)CC(F)F)cc1F. The number of halogens is 4. The number of hydrogen-bond acceptors (Lipinski definition) is 2. The number of ether oxygens (including phenoxy) is 1. The summed E-state index contributed by atoms with van der Waals surface area (Å²) in [5.74, 6) is -1.34. The monoisotopic (exact) mass is 339 g/mol. The normalized spacial score (nSPS) is 10.6. The van der Waals surface area contributed by atoms with E-state index in [1.165, 1.54) is 19.2 Å². The second-order valence-electron chi connectivity index (χ2n) is 3.68. The van der Waals surface area contributed by atoms with Gasteiger partial charge in [-0.15, -0.1) is 0 Å². The highest BCUT2D eigenvalue weighted by Crippen LogP contribution is 2.19. The third-order valence-corrected chi connectivity index (χ3v) is 2.75. The van der Waals surface area contributed by atoms with Crippen molar-refractivity contribution in [3.05, 3.63) is 29.6 Å². The predicted octanol–water partition coefficient (Wildman–Crippen LogP) is 2.94. The van der Waals surface area contributed by atoms with Gasteiger partial charge in [-0.2, -0.15) is 0 Å². The molecule has 0 aliphatic heterocycles. The Labute approximate surface area is 117 Å². The Morgan fingerprint density at radius 3 is 2.63 bits per heavy atom. The van der Waals surface area contributed by atoms with Gasteiger partial charge in [0.25, 0.3) is 12.3 Å². The van der Waals surface area contributed by atoms with Crippen molar-refractivity contribution in [3.8, 4) is 5.75 Å². The van der Waals surface area contributed by atoms with E-state index in [0.29, 0.717) is 5.33 Å². The standard InChI is InChI=1S/C12H13BrF3NO2/c1-19-10-3-2-8(6-9(10)14)12(18)17(5-4-13)7-11(15)16/h2-3,6,11H,4-5,7H2,1H3. The van der Waals surface area contributed by atoms with Crippen molar-refractivity contribution in [1.82, 2.24) is 4.90 Å². The summed E-state index contributed by atoms with van der Waals surface area (Å²) in [6.07, 6.45) is -2.63. The van der Waals surface area contributed by atoms with Gasteiger partial charge < -0.3 is 9.64 Å². The average molecular weight is 340 g/mol. The topological polar surface area (TPSA) is 29.5 Å². The zero-order chi connectivity index (χ0) is 14.4. The molecule has 106 valence electrons. The van der Waals surface area contributed by atoms with Crippen LogP contribution in [0.3, 0.4) is 0 Å². The maximum absolute atomic E-state index is 13.5. The second kappa shape index (κ2) is 7.37. The fraction of sp³-hybridized carbons (Fsp3) is 0.417. The number of methoxy groups -OCH3 is 1. The third-order valence-electron chi connectivity index (χ3n) is 2.40. The molecule has 19 heavy (non-hydrogen) atoms. The Morgan fingerprint density at radius 1 is 1.47 bits per heavy atom. The lowest BCUT2D eigenvalue weighted by atomic mass is 10.2. The van der Waals surface area contributed by atoms with E-state index < -0.39 is 24.7 Å². The van der Waals surface area contributed by atoms with Crippen LogP contribution in [0.1, 0.15) is 10.4 Å². The summed E-state index contributed by atoms with van der Waals surface area (Å²) in [5.41, 5.74) is 0.0138. The lowest BCUT2D eigenvalue weighted by Crippen LogP contribution is -2.36. The average Bonchev–Trinajstić information content (AvgIpc) is 2.36. The quantitative estimate of drug-likeness (QED) is 0.746. The number of benzene rings is 1. The largest absolute Gasteiger partial charge is 0.494 e. The number of carbonyl (C=O) groups is 1. The molecule has 0 fully saturated rings. The van der Waals surface area contributed by atoms with Gasteiger partial charge in [-0.25, -0.2) is 13.2 Å². The molecule has 1 rings (SSSR count). The molecule has 0 bridgehead atoms. The Kier molecular flexibility index (Phi) is 6.14. The van der Waals surface area contributed by atoms with Crippen LogP contribution in [0.15, 0.2) is 18.2 Å². The number of rotatable bonds is 6. The molecule has 0 unspecified atom stereocenters. The number of amides is 1. The van der Waals surface area contributed by atoms with E-state index in [4.69, 9.17) is 4.74 Å². The first-order valence-corrected chi connectivity index (χ1v) is 6.58. The highest BCUT2D eigenvalue weighted by molar-refractivity contribution is 9.09. The van der Waals surface area contributed by atoms with Crippen LogP contribution < -0.4 is 4.74 Å². The molecule has 0 heterocycles. The summed E-state index contributed by atoms with van der Waals surface area (Å²) in [4.78, 5) is 13.0. The Balaban J connectivity index is 2.92. The van der Waals surface area contributed by atoms with Crippen LogP contribution in [0.4, 0.5) is 13.2 Å². The third kappa shape index (κ3) is 4.41. The molecule has 0 aliphatic rings. The summed E-state index contributed by atoms with van der Waals surface area (Å²) >= 11 is 3.09. The first-order chi connectivity index (χ1) is 8.99. The zero-order valence-corrected chi connectivity index (χ0v) is 11.8. The summed E-state index contributed by atoms with van der Waals surface area (Å²) in [6.45, 7) is -0.561. The minimum atomic E-state index is -2.63. The van der Waals surface area contributed by atoms with Crippen molar-refractivity contribution in [1.29, 1.82) is 0 Å². The van der Waals surface area contributed by atoms with Crippen LogP contribution in [0.5, 0.6) is 5.75 Å². The van der Waals surface area contributed by atoms with Crippen LogP contribution in [-0.2, 0) is 0 Å². The van der Waals surface area contributed by atoms with Crippen molar-refractivity contribution in [2.24, 2.45) is 0 Å². The van der Waals surface area contributed by atoms with E-state index >= 15 is 0 Å². The second-order valence-corrected chi connectivity index (χ2v) is 4.47. The molecule has 0 atom stereocenters. The van der Waals surface area contributed by atoms with Crippen molar-refractivity contribution in [2.75, 3.05) is 25.5 Å². The van der Waals surface area contributed by atoms with Gasteiger partial charge in [0, 0.05) is 17.4 Å². The van der Waals surface area contributed by atoms with Gasteiger partial charge in [-0.3, -0.25) is 4.79 Å². The van der Waals surface area contributed by atoms with Gasteiger partial charge in [-0.1, -0.05) is 15.9 Å². The maximum Gasteiger partial charge on any atom is 0.255 e. The van der Waals surface area contributed by atoms with Gasteiger partial charge in [0.2, 0.25) is 0 Å². The minimum absolute atomic E-state index is 0.00236. The van der Waals surface area contributed by atoms with Gasteiger partial charge in [0.15, 0.2) is 11.6 Å². The molecule has 0 saturated heterocycles. The van der Waals surface area contributed by atoms with Gasteiger partial charge in [-0.05, 0) is 18.2 Å². The van der Waals surface area contributed by atoms with Crippen molar-refractivity contribution < 1.29 is 22.7 Å². The van der Waals surface area contributed by atoms with Gasteiger partial charge in [0.1, 0.15) is 0 Å². The van der Waals surface area contributed by atoms with E-state index in [0.717, 1.165) is 11.0 Å². The van der Waals surface area contributed by atoms with Crippen LogP contribution >= 0.6 is 15.9 Å². The van der Waals surface area contributed by atoms with Gasteiger partial charge >= 0.3 is 0 Å². The highest BCUT2D eigenvalue weighted by Gasteiger charge is 2.20. The molecule has 0 saturated carbocycles. The molecule has 1 amide bonds. The van der Waals surface area contributed by atoms with E-state index in [1.807, 2.05) is 0 Å². The predicted molar refractivity (Wildman–Crippen MR) is 68.7 cm³/mol. The zero-order valence-electron chi connectivity index (χ0n) is 10.2. The number of hydrogen-bond donors (Lipinski definition) is 0. The van der Waals surface area contributed by atoms with E-state index in [2.05, 4.69) is 15.9 Å². The van der Waals surface area contributed by atoms with Crippen molar-refractivity contribution >= 4 is 21.8 Å². The molecule has 0 radical (unpaired) electrons. The highest BCUT2D eigenvalue weighted by atomic mass is 79.9. The first-order valence-electron chi connectivity index (χ1n) is 5.46. The smallest absolute Gasteiger partial charge is 0.255 e.